The molecule has 1 aliphatic rings. The van der Waals surface area contributed by atoms with Gasteiger partial charge in [-0.15, -0.1) is 0 Å². The molecule has 0 radical (unpaired) electrons. The van der Waals surface area contributed by atoms with Crippen molar-refractivity contribution in [3.05, 3.63) is 46.6 Å². The highest BCUT2D eigenvalue weighted by Gasteiger charge is 2.44. The predicted octanol–water partition coefficient (Wildman–Crippen LogP) is 3.32. The van der Waals surface area contributed by atoms with Gasteiger partial charge in [0, 0.05) is 35.0 Å². The van der Waals surface area contributed by atoms with E-state index < -0.39 is 17.8 Å². The Morgan fingerprint density at radius 2 is 2.18 bits per heavy atom. The number of carboxylic acid groups (broad SMARTS) is 1. The summed E-state index contributed by atoms with van der Waals surface area (Å²) in [6.45, 7) is 6.05. The molecule has 0 fully saturated rings. The molecule has 7 heteroatoms. The first-order valence-electron chi connectivity index (χ1n) is 9.12. The van der Waals surface area contributed by atoms with Crippen LogP contribution in [0, 0.1) is 24.2 Å². The van der Waals surface area contributed by atoms with Gasteiger partial charge < -0.3 is 19.9 Å². The van der Waals surface area contributed by atoms with E-state index in [2.05, 4.69) is 16.4 Å². The number of rotatable bonds is 5. The first kappa shape index (κ1) is 19.5. The van der Waals surface area contributed by atoms with Crippen LogP contribution in [0.2, 0.25) is 0 Å². The molecule has 3 unspecified atom stereocenters. The molecule has 7 nitrogen and oxygen atoms in total. The topological polar surface area (TPSA) is 104 Å². The molecule has 2 aromatic rings. The molecule has 0 amide bonds. The van der Waals surface area contributed by atoms with Crippen LogP contribution in [0.4, 0.5) is 5.69 Å². The van der Waals surface area contributed by atoms with Crippen molar-refractivity contribution in [2.24, 2.45) is 5.92 Å². The zero-order chi connectivity index (χ0) is 20.4. The summed E-state index contributed by atoms with van der Waals surface area (Å²) < 4.78 is 11.3. The van der Waals surface area contributed by atoms with Gasteiger partial charge in [0.15, 0.2) is 0 Å². The van der Waals surface area contributed by atoms with Crippen LogP contribution < -0.4 is 14.8 Å². The smallest absolute Gasteiger partial charge is 0.309 e. The normalized spacial score (nSPS) is 20.5. The van der Waals surface area contributed by atoms with Crippen molar-refractivity contribution in [1.82, 2.24) is 4.98 Å². The van der Waals surface area contributed by atoms with Crippen LogP contribution in [0.25, 0.3) is 0 Å². The number of aromatic nitrogens is 1. The van der Waals surface area contributed by atoms with Crippen molar-refractivity contribution in [3.63, 3.8) is 0 Å². The number of methoxy groups -OCH3 is 1. The van der Waals surface area contributed by atoms with Crippen molar-refractivity contribution in [1.29, 1.82) is 5.26 Å². The second kappa shape index (κ2) is 7.77. The number of nitrogens with one attached hydrogen (secondary N) is 1. The summed E-state index contributed by atoms with van der Waals surface area (Å²) in [4.78, 5) is 16.7. The molecule has 1 aliphatic heterocycles. The molecule has 0 spiro atoms. The van der Waals surface area contributed by atoms with Gasteiger partial charge in [-0.25, -0.2) is 4.98 Å². The van der Waals surface area contributed by atoms with Crippen molar-refractivity contribution < 1.29 is 19.4 Å². The summed E-state index contributed by atoms with van der Waals surface area (Å²) in [7, 11) is 1.51. The molecule has 146 valence electrons. The molecule has 1 aromatic heterocycles. The van der Waals surface area contributed by atoms with E-state index in [0.717, 1.165) is 11.3 Å². The Morgan fingerprint density at radius 1 is 1.43 bits per heavy atom. The summed E-state index contributed by atoms with van der Waals surface area (Å²) in [5.41, 5.74) is 3.58. The molecule has 1 aromatic carbocycles. The van der Waals surface area contributed by atoms with Crippen LogP contribution in [-0.2, 0) is 4.79 Å². The molecular formula is C21H23N3O4. The van der Waals surface area contributed by atoms with Crippen LogP contribution in [0.1, 0.15) is 42.0 Å². The number of carboxylic acids is 1. The fourth-order valence-corrected chi connectivity index (χ4v) is 3.87. The van der Waals surface area contributed by atoms with Gasteiger partial charge in [-0.2, -0.15) is 5.26 Å². The fraction of sp³-hybridized carbons (Fsp3) is 0.381. The minimum atomic E-state index is -0.925. The Balaban J connectivity index is 2.33. The molecule has 0 saturated carbocycles. The summed E-state index contributed by atoms with van der Waals surface area (Å²) in [5.74, 6) is -1.35. The van der Waals surface area contributed by atoms with Gasteiger partial charge in [-0.3, -0.25) is 4.79 Å². The number of anilines is 1. The number of nitrogens with zero attached hydrogens (tertiary/aromatic N) is 2. The van der Waals surface area contributed by atoms with Crippen LogP contribution in [0.15, 0.2) is 24.4 Å². The van der Waals surface area contributed by atoms with E-state index in [1.165, 1.54) is 7.11 Å². The monoisotopic (exact) mass is 381 g/mol. The molecule has 2 heterocycles. The third-order valence-corrected chi connectivity index (χ3v) is 5.11. The lowest BCUT2D eigenvalue weighted by atomic mass is 9.73. The number of hydrogen-bond donors (Lipinski definition) is 2. The van der Waals surface area contributed by atoms with E-state index in [-0.39, 0.29) is 6.04 Å². The summed E-state index contributed by atoms with van der Waals surface area (Å²) in [6.07, 6.45) is 1.72. The number of pyridine rings is 1. The Hall–Kier alpha value is -3.27. The minimum absolute atomic E-state index is 0.328. The number of nitriles is 1. The summed E-state index contributed by atoms with van der Waals surface area (Å²) in [6, 6.07) is 6.83. The van der Waals surface area contributed by atoms with Crippen molar-refractivity contribution in [3.8, 4) is 17.7 Å². The van der Waals surface area contributed by atoms with Crippen molar-refractivity contribution in [2.45, 2.75) is 32.7 Å². The molecular weight excluding hydrogens is 358 g/mol. The molecule has 0 aliphatic carbocycles. The molecule has 28 heavy (non-hydrogen) atoms. The number of aliphatic carboxylic acids is 1. The number of ether oxygens (including phenoxy) is 2. The van der Waals surface area contributed by atoms with Gasteiger partial charge in [-0.1, -0.05) is 6.07 Å². The van der Waals surface area contributed by atoms with E-state index in [4.69, 9.17) is 9.47 Å². The highest BCUT2D eigenvalue weighted by Crippen LogP contribution is 2.49. The van der Waals surface area contributed by atoms with Gasteiger partial charge in [0.2, 0.25) is 5.88 Å². The second-order valence-electron chi connectivity index (χ2n) is 6.81. The lowest BCUT2D eigenvalue weighted by Crippen LogP contribution is -2.41. The Kier molecular flexibility index (Phi) is 5.41. The summed E-state index contributed by atoms with van der Waals surface area (Å²) in [5, 5.41) is 22.6. The van der Waals surface area contributed by atoms with Gasteiger partial charge in [0.25, 0.3) is 0 Å². The van der Waals surface area contributed by atoms with Gasteiger partial charge in [0.1, 0.15) is 5.75 Å². The summed E-state index contributed by atoms with van der Waals surface area (Å²) >= 11 is 0. The first-order valence-corrected chi connectivity index (χ1v) is 9.12. The average molecular weight is 381 g/mol. The first-order chi connectivity index (χ1) is 13.4. The maximum absolute atomic E-state index is 12.2. The lowest BCUT2D eigenvalue weighted by molar-refractivity contribution is -0.142. The van der Waals surface area contributed by atoms with Gasteiger partial charge >= 0.3 is 5.97 Å². The van der Waals surface area contributed by atoms with E-state index in [1.54, 1.807) is 24.4 Å². The zero-order valence-corrected chi connectivity index (χ0v) is 16.3. The number of benzene rings is 1. The van der Waals surface area contributed by atoms with E-state index in [0.29, 0.717) is 34.9 Å². The molecule has 3 rings (SSSR count). The van der Waals surface area contributed by atoms with Crippen LogP contribution >= 0.6 is 0 Å². The van der Waals surface area contributed by atoms with Crippen molar-refractivity contribution in [2.75, 3.05) is 19.0 Å². The second-order valence-corrected chi connectivity index (χ2v) is 6.81. The Labute approximate surface area is 163 Å². The maximum Gasteiger partial charge on any atom is 0.309 e. The third kappa shape index (κ3) is 3.22. The van der Waals surface area contributed by atoms with Crippen LogP contribution in [0.5, 0.6) is 11.6 Å². The van der Waals surface area contributed by atoms with Gasteiger partial charge in [0.05, 0.1) is 31.3 Å². The Morgan fingerprint density at radius 3 is 2.79 bits per heavy atom. The largest absolute Gasteiger partial charge is 0.496 e. The van der Waals surface area contributed by atoms with Crippen LogP contribution in [-0.4, -0.2) is 35.8 Å². The fourth-order valence-electron chi connectivity index (χ4n) is 3.87. The van der Waals surface area contributed by atoms with E-state index in [1.807, 2.05) is 20.8 Å². The van der Waals surface area contributed by atoms with E-state index in [9.17, 15) is 15.2 Å². The predicted molar refractivity (Wildman–Crippen MR) is 104 cm³/mol. The highest BCUT2D eigenvalue weighted by molar-refractivity contribution is 5.79. The maximum atomic E-state index is 12.2. The number of carbonyl (C=O) groups is 1. The standard InChI is InChI=1S/C21H23N3O4/c1-5-28-20-18-17(14-7-6-13(9-22)8-15(14)27-4)16(21(25)26)12(3)24-19(18)11(2)10-23-20/h6-8,10,12,16-17,24H,5H2,1-4H3,(H,25,26). The SMILES string of the molecule is CCOc1ncc(C)c2c1C(c1ccc(C#N)cc1OC)C(C(=O)O)C(C)N2. The quantitative estimate of drug-likeness (QED) is 0.818. The Bertz CT molecular complexity index is 951. The zero-order valence-electron chi connectivity index (χ0n) is 16.3. The van der Waals surface area contributed by atoms with Gasteiger partial charge in [-0.05, 0) is 38.5 Å². The average Bonchev–Trinajstić information content (AvgIpc) is 2.68. The number of fused-ring (bicyclic) bond motifs is 1. The molecule has 0 saturated heterocycles. The molecule has 0 bridgehead atoms. The van der Waals surface area contributed by atoms with E-state index >= 15 is 0 Å². The lowest BCUT2D eigenvalue weighted by Gasteiger charge is -2.38. The number of hydrogen-bond acceptors (Lipinski definition) is 6. The highest BCUT2D eigenvalue weighted by atomic mass is 16.5. The molecule has 3 atom stereocenters. The van der Waals surface area contributed by atoms with Crippen LogP contribution in [0.3, 0.4) is 0 Å². The third-order valence-electron chi connectivity index (χ3n) is 5.11. The van der Waals surface area contributed by atoms with Crippen molar-refractivity contribution >= 4 is 11.7 Å². The minimum Gasteiger partial charge on any atom is -0.496 e. The number of aryl methyl sites for hydroxylation is 1. The molecule has 2 N–H and O–H groups in total.